The molecule has 8 rings (SSSR count). The van der Waals surface area contributed by atoms with E-state index in [1.807, 2.05) is 0 Å². The summed E-state index contributed by atoms with van der Waals surface area (Å²) in [5.74, 6) is -0.227. The van der Waals surface area contributed by atoms with E-state index in [0.29, 0.717) is 25.7 Å². The van der Waals surface area contributed by atoms with Gasteiger partial charge in [-0.3, -0.25) is 4.79 Å². The molecule has 11 N–H and O–H groups in total. The molecule has 3 aliphatic heterocycles. The van der Waals surface area contributed by atoms with Crippen LogP contribution in [0.5, 0.6) is 0 Å². The van der Waals surface area contributed by atoms with Gasteiger partial charge in [0.25, 0.3) is 0 Å². The molecule has 65 heavy (non-hydrogen) atoms. The highest BCUT2D eigenvalue weighted by atomic mass is 16.7. The van der Waals surface area contributed by atoms with Gasteiger partial charge in [0.2, 0.25) is 6.29 Å². The molecule has 372 valence electrons. The van der Waals surface area contributed by atoms with Crippen molar-refractivity contribution in [2.24, 2.45) is 50.2 Å². The molecule has 7 fully saturated rings. The van der Waals surface area contributed by atoms with Crippen molar-refractivity contribution in [3.63, 3.8) is 0 Å². The van der Waals surface area contributed by atoms with Crippen molar-refractivity contribution in [3.05, 3.63) is 11.6 Å². The fraction of sp³-hybridized carbons (Fsp3) is 0.936. The summed E-state index contributed by atoms with van der Waals surface area (Å²) < 4.78 is 35.1. The van der Waals surface area contributed by atoms with Crippen LogP contribution in [0, 0.1) is 50.2 Å². The highest BCUT2D eigenvalue weighted by Crippen LogP contribution is 2.76. The van der Waals surface area contributed by atoms with Crippen LogP contribution in [-0.4, -0.2) is 181 Å². The Kier molecular flexibility index (Phi) is 13.7. The van der Waals surface area contributed by atoms with Crippen LogP contribution < -0.4 is 0 Å². The Morgan fingerprint density at radius 3 is 1.95 bits per heavy atom. The van der Waals surface area contributed by atoms with Crippen LogP contribution in [-0.2, 0) is 33.2 Å². The Hall–Kier alpha value is -1.43. The first-order valence-corrected chi connectivity index (χ1v) is 23.9. The average Bonchev–Trinajstić information content (AvgIpc) is 3.26. The fourth-order valence-electron chi connectivity index (χ4n) is 14.8. The lowest BCUT2D eigenvalue weighted by Gasteiger charge is -2.72. The molecule has 3 saturated heterocycles. The Labute approximate surface area is 380 Å². The molecule has 0 radical (unpaired) electrons. The third-order valence-corrected chi connectivity index (χ3v) is 19.0. The molecule has 0 bridgehead atoms. The molecule has 0 amide bonds. The molecule has 0 spiro atoms. The number of hydrogen-bond donors (Lipinski definition) is 11. The molecular formula is C47H76O18. The molecule has 5 aliphatic carbocycles. The summed E-state index contributed by atoms with van der Waals surface area (Å²) >= 11 is 0. The maximum absolute atomic E-state index is 14.9. The van der Waals surface area contributed by atoms with Crippen LogP contribution in [0.1, 0.15) is 106 Å². The van der Waals surface area contributed by atoms with E-state index in [0.717, 1.165) is 44.1 Å². The third kappa shape index (κ3) is 7.89. The molecular weight excluding hydrogens is 852 g/mol. The zero-order chi connectivity index (χ0) is 47.4. The number of fused-ring (bicyclic) bond motifs is 7. The van der Waals surface area contributed by atoms with Crippen molar-refractivity contribution in [1.82, 2.24) is 0 Å². The van der Waals surface area contributed by atoms with Crippen LogP contribution in [0.25, 0.3) is 0 Å². The fourth-order valence-corrected chi connectivity index (χ4v) is 14.8. The third-order valence-electron chi connectivity index (χ3n) is 19.0. The minimum Gasteiger partial charge on any atom is -0.432 e. The van der Waals surface area contributed by atoms with Gasteiger partial charge in [-0.05, 0) is 104 Å². The average molecular weight is 929 g/mol. The number of hydrogen-bond acceptors (Lipinski definition) is 18. The van der Waals surface area contributed by atoms with Crippen molar-refractivity contribution in [2.75, 3.05) is 26.4 Å². The predicted octanol–water partition coefficient (Wildman–Crippen LogP) is -0.248. The summed E-state index contributed by atoms with van der Waals surface area (Å²) in [7, 11) is 0. The normalized spacial score (nSPS) is 54.3. The minimum absolute atomic E-state index is 0.0182. The molecule has 18 nitrogen and oxygen atoms in total. The summed E-state index contributed by atoms with van der Waals surface area (Å²) in [6, 6.07) is 0. The summed E-state index contributed by atoms with van der Waals surface area (Å²) in [4.78, 5) is 14.9. The quantitative estimate of drug-likeness (QED) is 0.0808. The first-order valence-electron chi connectivity index (χ1n) is 23.9. The minimum atomic E-state index is -1.81. The van der Waals surface area contributed by atoms with E-state index >= 15 is 0 Å². The summed E-state index contributed by atoms with van der Waals surface area (Å²) in [6.07, 6.45) is -12.4. The topological polar surface area (TPSA) is 295 Å². The lowest BCUT2D eigenvalue weighted by molar-refractivity contribution is -0.328. The zero-order valence-electron chi connectivity index (χ0n) is 38.6. The van der Waals surface area contributed by atoms with Gasteiger partial charge in [0.05, 0.1) is 37.9 Å². The summed E-state index contributed by atoms with van der Waals surface area (Å²) in [5, 5.41) is 116. The largest absolute Gasteiger partial charge is 0.432 e. The Balaban J connectivity index is 1.01. The maximum Gasteiger partial charge on any atom is 0.318 e. The van der Waals surface area contributed by atoms with Gasteiger partial charge in [0.1, 0.15) is 67.1 Å². The molecule has 0 aromatic rings. The van der Waals surface area contributed by atoms with Gasteiger partial charge in [-0.25, -0.2) is 0 Å². The highest BCUT2D eigenvalue weighted by molar-refractivity contribution is 5.82. The van der Waals surface area contributed by atoms with E-state index in [1.165, 1.54) is 0 Å². The van der Waals surface area contributed by atoms with Gasteiger partial charge in [0, 0.05) is 5.41 Å². The predicted molar refractivity (Wildman–Crippen MR) is 226 cm³/mol. The van der Waals surface area contributed by atoms with Gasteiger partial charge in [-0.15, -0.1) is 0 Å². The van der Waals surface area contributed by atoms with Gasteiger partial charge in [-0.2, -0.15) is 0 Å². The van der Waals surface area contributed by atoms with Crippen molar-refractivity contribution < 1.29 is 89.4 Å². The first-order chi connectivity index (χ1) is 30.4. The van der Waals surface area contributed by atoms with Crippen LogP contribution in [0.3, 0.4) is 0 Å². The van der Waals surface area contributed by atoms with Gasteiger partial charge < -0.3 is 84.6 Å². The number of ether oxygens (including phenoxy) is 6. The van der Waals surface area contributed by atoms with Gasteiger partial charge in [-0.1, -0.05) is 53.2 Å². The molecule has 4 saturated carbocycles. The number of aliphatic hydroxyl groups is 11. The molecule has 0 aromatic carbocycles. The van der Waals surface area contributed by atoms with Crippen molar-refractivity contribution in [1.29, 1.82) is 0 Å². The monoisotopic (exact) mass is 929 g/mol. The van der Waals surface area contributed by atoms with Crippen LogP contribution in [0.4, 0.5) is 0 Å². The SMILES string of the molecule is CC1(C)C=C2[C@H]3CC[C@@H]4[C@@]5(C)CC[C@H](O[C@@H]6OC[C@H](O)[C@H](O)[C@H]6O)[C@@](C)(CO)[C@@H]5CC[C@@]4(C)[C@]3(C)CC[C@@]2(C(=O)O[C@@H]2O[C@H](CO[C@@H]3O[C@H](CO)[C@@H](O)[C@H](O)[C@H]3O)[C@@H](O)[C@H](O)[C@H]2O)CC1. The number of carbonyl (C=O) groups is 1. The number of carbonyl (C=O) groups excluding carboxylic acids is 1. The molecule has 0 unspecified atom stereocenters. The number of esters is 1. The zero-order valence-corrected chi connectivity index (χ0v) is 38.6. The van der Waals surface area contributed by atoms with Crippen molar-refractivity contribution >= 4 is 5.97 Å². The van der Waals surface area contributed by atoms with E-state index in [-0.39, 0.29) is 52.6 Å². The van der Waals surface area contributed by atoms with Gasteiger partial charge >= 0.3 is 5.97 Å². The van der Waals surface area contributed by atoms with Crippen molar-refractivity contribution in [3.8, 4) is 0 Å². The Morgan fingerprint density at radius 1 is 0.646 bits per heavy atom. The van der Waals surface area contributed by atoms with Crippen molar-refractivity contribution in [2.45, 2.75) is 198 Å². The number of rotatable bonds is 9. The smallest absolute Gasteiger partial charge is 0.318 e. The maximum atomic E-state index is 14.9. The Morgan fingerprint density at radius 2 is 1.28 bits per heavy atom. The molecule has 18 heteroatoms. The molecule has 0 aromatic heterocycles. The number of allylic oxidation sites excluding steroid dienone is 1. The van der Waals surface area contributed by atoms with E-state index in [1.54, 1.807) is 0 Å². The standard InChI is InChI=1S/C47H76O18/c1-42(2)13-15-47(41(59)65-40-37(58)34(55)32(53)26(63-40)20-61-38-36(57)33(54)31(52)25(18-48)62-38)16-14-45(5)22(23(47)17-42)7-8-28-43(3)11-10-29(64-39-35(56)30(51)24(50)19-60-39)44(4,21-49)27(43)9-12-46(28,45)6/h17,22,24-40,48-58H,7-16,18-21H2,1-6H3/t22-,24+,25-,26-,27-,28-,29+,30+,31-,32-,33+,34+,35-,36-,37-,38-,39+,40+,43+,44+,45-,46-,47+/m1/s1. The second-order valence-corrected chi connectivity index (χ2v) is 22.8. The molecule has 3 heterocycles. The first kappa shape index (κ1) is 50.0. The van der Waals surface area contributed by atoms with Gasteiger partial charge in [0.15, 0.2) is 12.6 Å². The van der Waals surface area contributed by atoms with E-state index < -0.39 is 122 Å². The summed E-state index contributed by atoms with van der Waals surface area (Å²) in [5.41, 5.74) is -1.50. The van der Waals surface area contributed by atoms with E-state index in [9.17, 15) is 61.0 Å². The van der Waals surface area contributed by atoms with Crippen LogP contribution in [0.15, 0.2) is 11.6 Å². The van der Waals surface area contributed by atoms with Crippen LogP contribution in [0.2, 0.25) is 0 Å². The second kappa shape index (κ2) is 17.8. The molecule has 8 aliphatic rings. The lowest BCUT2D eigenvalue weighted by atomic mass is 9.32. The summed E-state index contributed by atoms with van der Waals surface area (Å²) in [6.45, 7) is 12.0. The van der Waals surface area contributed by atoms with E-state index in [4.69, 9.17) is 28.4 Å². The Bertz CT molecular complexity index is 1760. The van der Waals surface area contributed by atoms with E-state index in [2.05, 4.69) is 47.6 Å². The highest BCUT2D eigenvalue weighted by Gasteiger charge is 2.71. The molecule has 23 atom stereocenters. The number of aliphatic hydroxyl groups excluding tert-OH is 11. The second-order valence-electron chi connectivity index (χ2n) is 22.8. The lowest BCUT2D eigenvalue weighted by Crippen LogP contribution is -2.67. The van der Waals surface area contributed by atoms with Crippen LogP contribution >= 0.6 is 0 Å².